The molecule has 3 rings (SSSR count). The largest absolute Gasteiger partial charge is 0.497 e. The molecular formula is C28H37N3O6. The van der Waals surface area contributed by atoms with Gasteiger partial charge in [-0.3, -0.25) is 4.79 Å². The number of hydrogen-bond acceptors (Lipinski definition) is 7. The highest BCUT2D eigenvalue weighted by atomic mass is 16.6. The van der Waals surface area contributed by atoms with Crippen LogP contribution in [0.4, 0.5) is 4.79 Å². The van der Waals surface area contributed by atoms with Crippen LogP contribution >= 0.6 is 0 Å². The Bertz CT molecular complexity index is 1110. The Kier molecular flexibility index (Phi) is 9.38. The van der Waals surface area contributed by atoms with Crippen molar-refractivity contribution in [3.63, 3.8) is 0 Å². The molecule has 1 heterocycles. The van der Waals surface area contributed by atoms with Gasteiger partial charge in [0.1, 0.15) is 17.4 Å². The molecule has 200 valence electrons. The van der Waals surface area contributed by atoms with Crippen LogP contribution in [0, 0.1) is 0 Å². The van der Waals surface area contributed by atoms with E-state index in [0.717, 1.165) is 23.3 Å². The Hall–Kier alpha value is -3.75. The summed E-state index contributed by atoms with van der Waals surface area (Å²) in [4.78, 5) is 26.3. The van der Waals surface area contributed by atoms with Gasteiger partial charge in [0.2, 0.25) is 0 Å². The number of rotatable bonds is 9. The van der Waals surface area contributed by atoms with Crippen molar-refractivity contribution >= 4 is 17.7 Å². The molecule has 0 unspecified atom stereocenters. The summed E-state index contributed by atoms with van der Waals surface area (Å²) < 4.78 is 21.7. The van der Waals surface area contributed by atoms with Gasteiger partial charge in [0.15, 0.2) is 11.5 Å². The van der Waals surface area contributed by atoms with E-state index in [-0.39, 0.29) is 12.3 Å². The Labute approximate surface area is 218 Å². The van der Waals surface area contributed by atoms with Crippen LogP contribution in [0.2, 0.25) is 0 Å². The molecule has 1 N–H and O–H groups in total. The average Bonchev–Trinajstić information content (AvgIpc) is 2.87. The third kappa shape index (κ3) is 7.87. The molecule has 2 amide bonds. The monoisotopic (exact) mass is 511 g/mol. The van der Waals surface area contributed by atoms with E-state index in [0.29, 0.717) is 36.8 Å². The van der Waals surface area contributed by atoms with Crippen LogP contribution in [0.5, 0.6) is 17.2 Å². The number of amides is 2. The van der Waals surface area contributed by atoms with E-state index in [1.807, 2.05) is 49.4 Å². The summed E-state index contributed by atoms with van der Waals surface area (Å²) >= 11 is 0. The van der Waals surface area contributed by atoms with Crippen LogP contribution in [0.15, 0.2) is 47.6 Å². The molecule has 0 spiro atoms. The third-order valence-electron chi connectivity index (χ3n) is 5.66. The number of alkyl carbamates (subject to hydrolysis) is 1. The second-order valence-electron chi connectivity index (χ2n) is 9.66. The molecule has 37 heavy (non-hydrogen) atoms. The van der Waals surface area contributed by atoms with Gasteiger partial charge in [0.25, 0.3) is 5.91 Å². The summed E-state index contributed by atoms with van der Waals surface area (Å²) in [7, 11) is 3.19. The van der Waals surface area contributed by atoms with Crippen LogP contribution in [0.3, 0.4) is 0 Å². The van der Waals surface area contributed by atoms with E-state index in [4.69, 9.17) is 18.9 Å². The lowest BCUT2D eigenvalue weighted by Crippen LogP contribution is -2.50. The van der Waals surface area contributed by atoms with Gasteiger partial charge >= 0.3 is 6.09 Å². The van der Waals surface area contributed by atoms with Gasteiger partial charge < -0.3 is 24.3 Å². The van der Waals surface area contributed by atoms with Gasteiger partial charge in [-0.2, -0.15) is 5.10 Å². The van der Waals surface area contributed by atoms with Crippen molar-refractivity contribution in [2.45, 2.75) is 58.6 Å². The van der Waals surface area contributed by atoms with Crippen molar-refractivity contribution in [3.8, 4) is 17.2 Å². The molecule has 9 heteroatoms. The number of benzene rings is 2. The minimum Gasteiger partial charge on any atom is -0.497 e. The summed E-state index contributed by atoms with van der Waals surface area (Å²) in [5.41, 5.74) is 1.80. The Morgan fingerprint density at radius 1 is 1.05 bits per heavy atom. The number of carbonyl (C=O) groups excluding carboxylic acids is 2. The second kappa shape index (κ2) is 12.5. The van der Waals surface area contributed by atoms with Crippen LogP contribution < -0.4 is 19.5 Å². The fraction of sp³-hybridized carbons (Fsp3) is 0.464. The summed E-state index contributed by atoms with van der Waals surface area (Å²) in [5, 5.41) is 8.87. The number of hydrogen-bond donors (Lipinski definition) is 1. The second-order valence-corrected chi connectivity index (χ2v) is 9.66. The molecular weight excluding hydrogens is 474 g/mol. The van der Waals surface area contributed by atoms with Crippen molar-refractivity contribution in [2.24, 2.45) is 5.10 Å². The summed E-state index contributed by atoms with van der Waals surface area (Å²) in [6.45, 7) is 8.19. The molecule has 0 aromatic heterocycles. The van der Waals surface area contributed by atoms with E-state index in [9.17, 15) is 9.59 Å². The molecule has 9 nitrogen and oxygen atoms in total. The highest BCUT2D eigenvalue weighted by Gasteiger charge is 2.30. The topological polar surface area (TPSA) is 98.7 Å². The van der Waals surface area contributed by atoms with Gasteiger partial charge in [-0.15, -0.1) is 0 Å². The van der Waals surface area contributed by atoms with E-state index >= 15 is 0 Å². The van der Waals surface area contributed by atoms with E-state index in [1.165, 1.54) is 5.01 Å². The molecule has 0 radical (unpaired) electrons. The molecule has 1 atom stereocenters. The van der Waals surface area contributed by atoms with Crippen LogP contribution in [0.25, 0.3) is 0 Å². The van der Waals surface area contributed by atoms with Crippen molar-refractivity contribution in [1.82, 2.24) is 10.3 Å². The lowest BCUT2D eigenvalue weighted by Gasteiger charge is -2.29. The molecule has 1 aliphatic rings. The minimum absolute atomic E-state index is 0.278. The fourth-order valence-corrected chi connectivity index (χ4v) is 3.96. The number of nitrogens with zero attached hydrogens (tertiary/aromatic N) is 2. The molecule has 0 fully saturated rings. The highest BCUT2D eigenvalue weighted by molar-refractivity contribution is 6.02. The maximum Gasteiger partial charge on any atom is 0.408 e. The Morgan fingerprint density at radius 3 is 2.41 bits per heavy atom. The number of nitrogens with one attached hydrogen (secondary N) is 1. The normalized spacial score (nSPS) is 14.3. The lowest BCUT2D eigenvalue weighted by molar-refractivity contribution is -0.133. The van der Waals surface area contributed by atoms with Crippen molar-refractivity contribution < 1.29 is 28.5 Å². The number of ether oxygens (including phenoxy) is 4. The molecule has 2 aromatic carbocycles. The van der Waals surface area contributed by atoms with Gasteiger partial charge in [-0.1, -0.05) is 12.1 Å². The summed E-state index contributed by atoms with van der Waals surface area (Å²) in [5.74, 6) is 1.66. The average molecular weight is 512 g/mol. The van der Waals surface area contributed by atoms with Gasteiger partial charge in [-0.25, -0.2) is 9.80 Å². The first-order valence-corrected chi connectivity index (χ1v) is 12.5. The first-order chi connectivity index (χ1) is 17.6. The zero-order chi connectivity index (χ0) is 27.0. The van der Waals surface area contributed by atoms with Crippen molar-refractivity contribution in [1.29, 1.82) is 0 Å². The number of hydrazone groups is 1. The van der Waals surface area contributed by atoms with Gasteiger partial charge in [0.05, 0.1) is 26.5 Å². The molecule has 1 aliphatic heterocycles. The minimum atomic E-state index is -0.860. The van der Waals surface area contributed by atoms with E-state index in [2.05, 4.69) is 10.4 Å². The highest BCUT2D eigenvalue weighted by Crippen LogP contribution is 2.29. The van der Waals surface area contributed by atoms with Crippen molar-refractivity contribution in [2.75, 3.05) is 27.4 Å². The van der Waals surface area contributed by atoms with Gasteiger partial charge in [-0.05, 0) is 76.4 Å². The van der Waals surface area contributed by atoms with E-state index in [1.54, 1.807) is 35.0 Å². The van der Waals surface area contributed by atoms with Crippen LogP contribution in [0.1, 0.15) is 51.7 Å². The van der Waals surface area contributed by atoms with Crippen LogP contribution in [-0.4, -0.2) is 61.7 Å². The number of methoxy groups -OCH3 is 2. The quantitative estimate of drug-likeness (QED) is 0.530. The standard InChI is InChI=1S/C28H37N3O6/c1-7-36-25-18-20(12-15-24(25)35-6)22-9-8-16-31(30-22)26(32)23(29-27(33)37-28(2,3)4)17-19-10-13-21(34-5)14-11-19/h10-15,18,23H,7-9,16-17H2,1-6H3,(H,29,33)/t23-/m1/s1. The summed E-state index contributed by atoms with van der Waals surface area (Å²) in [6, 6.07) is 12.1. The number of carbonyl (C=O) groups is 2. The van der Waals surface area contributed by atoms with Crippen molar-refractivity contribution in [3.05, 3.63) is 53.6 Å². The zero-order valence-corrected chi connectivity index (χ0v) is 22.5. The predicted molar refractivity (Wildman–Crippen MR) is 142 cm³/mol. The Morgan fingerprint density at radius 2 is 1.78 bits per heavy atom. The smallest absolute Gasteiger partial charge is 0.408 e. The molecule has 0 saturated heterocycles. The SMILES string of the molecule is CCOc1cc(C2=NN(C(=O)[C@@H](Cc3ccc(OC)cc3)NC(=O)OC(C)(C)C)CCC2)ccc1OC. The lowest BCUT2D eigenvalue weighted by atomic mass is 10.0. The summed E-state index contributed by atoms with van der Waals surface area (Å²) in [6.07, 6.45) is 1.07. The molecule has 0 saturated carbocycles. The third-order valence-corrected chi connectivity index (χ3v) is 5.66. The fourth-order valence-electron chi connectivity index (χ4n) is 3.96. The maximum atomic E-state index is 13.7. The first kappa shape index (κ1) is 27.8. The Balaban J connectivity index is 1.86. The first-order valence-electron chi connectivity index (χ1n) is 12.5. The molecule has 2 aromatic rings. The van der Waals surface area contributed by atoms with E-state index < -0.39 is 17.7 Å². The predicted octanol–water partition coefficient (Wildman–Crippen LogP) is 4.57. The van der Waals surface area contributed by atoms with Crippen LogP contribution in [-0.2, 0) is 16.0 Å². The molecule has 0 aliphatic carbocycles. The maximum absolute atomic E-state index is 13.7. The zero-order valence-electron chi connectivity index (χ0n) is 22.5. The van der Waals surface area contributed by atoms with Gasteiger partial charge in [0, 0.05) is 18.5 Å². The molecule has 0 bridgehead atoms.